The SMILES string of the molecule is CCCCCOc1cccc(C2C(C(=O)/C=C/c3ccccc3)=C(O)C(=O)N2c2nnc(SCc3ccc(F)cc3)s2)c1. The van der Waals surface area contributed by atoms with Crippen molar-refractivity contribution < 1.29 is 23.8 Å². The Labute approximate surface area is 257 Å². The second-order valence-corrected chi connectivity index (χ2v) is 12.0. The highest BCUT2D eigenvalue weighted by molar-refractivity contribution is 8.00. The first-order valence-corrected chi connectivity index (χ1v) is 15.7. The zero-order chi connectivity index (χ0) is 30.2. The van der Waals surface area contributed by atoms with E-state index in [9.17, 15) is 19.1 Å². The van der Waals surface area contributed by atoms with Crippen molar-refractivity contribution in [2.75, 3.05) is 11.5 Å². The molecule has 1 atom stereocenters. The zero-order valence-corrected chi connectivity index (χ0v) is 25.1. The number of ketones is 1. The Morgan fingerprint density at radius 2 is 1.86 bits per heavy atom. The van der Waals surface area contributed by atoms with E-state index < -0.39 is 23.5 Å². The standard InChI is InChI=1S/C33H30FN3O4S2/c1-2-3-7-19-41-26-12-8-11-24(20-26)29-28(27(38)18-15-22-9-5-4-6-10-22)30(39)31(40)37(29)32-35-36-33(43-32)42-21-23-13-16-25(34)17-14-23/h4-6,8-18,20,29,39H,2-3,7,19,21H2,1H3/b18-15+. The molecule has 3 aromatic carbocycles. The maximum Gasteiger partial charge on any atom is 0.296 e. The summed E-state index contributed by atoms with van der Waals surface area (Å²) in [7, 11) is 0. The van der Waals surface area contributed by atoms with Crippen LogP contribution in [0.25, 0.3) is 6.08 Å². The first kappa shape index (κ1) is 30.2. The highest BCUT2D eigenvalue weighted by Crippen LogP contribution is 2.44. The van der Waals surface area contributed by atoms with Crippen LogP contribution in [0.4, 0.5) is 9.52 Å². The number of carbonyl (C=O) groups is 2. The number of aliphatic hydroxyl groups is 1. The van der Waals surface area contributed by atoms with Gasteiger partial charge < -0.3 is 9.84 Å². The van der Waals surface area contributed by atoms with Crippen molar-refractivity contribution in [3.05, 3.63) is 119 Å². The van der Waals surface area contributed by atoms with Crippen LogP contribution in [0.3, 0.4) is 0 Å². The molecule has 43 heavy (non-hydrogen) atoms. The van der Waals surface area contributed by atoms with E-state index in [0.717, 1.165) is 30.4 Å². The molecule has 1 aromatic heterocycles. The largest absolute Gasteiger partial charge is 0.503 e. The van der Waals surface area contributed by atoms with Crippen molar-refractivity contribution in [1.29, 1.82) is 0 Å². The van der Waals surface area contributed by atoms with Gasteiger partial charge in [0.15, 0.2) is 15.9 Å². The van der Waals surface area contributed by atoms with Crippen molar-refractivity contribution in [2.45, 2.75) is 42.3 Å². The molecule has 0 radical (unpaired) electrons. The average Bonchev–Trinajstić information content (AvgIpc) is 3.60. The number of halogens is 1. The summed E-state index contributed by atoms with van der Waals surface area (Å²) in [6, 6.07) is 21.8. The number of allylic oxidation sites excluding steroid dienone is 1. The van der Waals surface area contributed by atoms with E-state index in [1.54, 1.807) is 36.4 Å². The number of ether oxygens (including phenoxy) is 1. The summed E-state index contributed by atoms with van der Waals surface area (Å²) in [6.07, 6.45) is 6.04. The van der Waals surface area contributed by atoms with E-state index in [-0.39, 0.29) is 16.5 Å². The van der Waals surface area contributed by atoms with Crippen LogP contribution in [0, 0.1) is 5.82 Å². The third kappa shape index (κ3) is 7.39. The number of aromatic nitrogens is 2. The van der Waals surface area contributed by atoms with Crippen molar-refractivity contribution in [3.8, 4) is 5.75 Å². The number of carbonyl (C=O) groups excluding carboxylic acids is 2. The van der Waals surface area contributed by atoms with Crippen LogP contribution in [0.1, 0.15) is 48.9 Å². The zero-order valence-electron chi connectivity index (χ0n) is 23.5. The number of amides is 1. The quantitative estimate of drug-likeness (QED) is 0.0712. The predicted molar refractivity (Wildman–Crippen MR) is 168 cm³/mol. The van der Waals surface area contributed by atoms with Crippen LogP contribution >= 0.6 is 23.1 Å². The lowest BCUT2D eigenvalue weighted by Crippen LogP contribution is -2.30. The normalized spacial score (nSPS) is 15.1. The summed E-state index contributed by atoms with van der Waals surface area (Å²) in [4.78, 5) is 28.4. The lowest BCUT2D eigenvalue weighted by atomic mass is 9.95. The van der Waals surface area contributed by atoms with Crippen molar-refractivity contribution >= 4 is 46.0 Å². The summed E-state index contributed by atoms with van der Waals surface area (Å²) in [5.41, 5.74) is 2.27. The lowest BCUT2D eigenvalue weighted by molar-refractivity contribution is -0.117. The molecule has 4 aromatic rings. The molecule has 2 heterocycles. The maximum absolute atomic E-state index is 13.6. The Balaban J connectivity index is 1.45. The van der Waals surface area contributed by atoms with Gasteiger partial charge in [0.05, 0.1) is 18.2 Å². The van der Waals surface area contributed by atoms with Gasteiger partial charge in [-0.2, -0.15) is 0 Å². The van der Waals surface area contributed by atoms with E-state index in [0.29, 0.717) is 28.0 Å². The summed E-state index contributed by atoms with van der Waals surface area (Å²) in [5.74, 6) is -1.03. The van der Waals surface area contributed by atoms with Crippen LogP contribution < -0.4 is 9.64 Å². The van der Waals surface area contributed by atoms with Gasteiger partial charge in [-0.25, -0.2) is 4.39 Å². The topological polar surface area (TPSA) is 92.6 Å². The summed E-state index contributed by atoms with van der Waals surface area (Å²) < 4.78 is 19.8. The molecule has 0 aliphatic carbocycles. The fraction of sp³-hybridized carbons (Fsp3) is 0.212. The monoisotopic (exact) mass is 615 g/mol. The van der Waals surface area contributed by atoms with Crippen LogP contribution in [0.15, 0.2) is 101 Å². The Morgan fingerprint density at radius 3 is 2.63 bits per heavy atom. The van der Waals surface area contributed by atoms with Gasteiger partial charge in [0.1, 0.15) is 11.6 Å². The van der Waals surface area contributed by atoms with Gasteiger partial charge in [-0.15, -0.1) is 10.2 Å². The van der Waals surface area contributed by atoms with Gasteiger partial charge in [-0.05, 0) is 53.5 Å². The number of hydrogen-bond donors (Lipinski definition) is 1. The minimum atomic E-state index is -0.942. The van der Waals surface area contributed by atoms with Crippen LogP contribution in [0.5, 0.6) is 5.75 Å². The molecule has 0 fully saturated rings. The lowest BCUT2D eigenvalue weighted by Gasteiger charge is -2.24. The minimum Gasteiger partial charge on any atom is -0.503 e. The molecule has 0 spiro atoms. The molecule has 1 unspecified atom stereocenters. The smallest absolute Gasteiger partial charge is 0.296 e. The van der Waals surface area contributed by atoms with Crippen molar-refractivity contribution in [3.63, 3.8) is 0 Å². The predicted octanol–water partition coefficient (Wildman–Crippen LogP) is 7.72. The third-order valence-corrected chi connectivity index (χ3v) is 8.90. The minimum absolute atomic E-state index is 0.0453. The fourth-order valence-electron chi connectivity index (χ4n) is 4.60. The van der Waals surface area contributed by atoms with Crippen molar-refractivity contribution in [2.24, 2.45) is 0 Å². The molecular weight excluding hydrogens is 586 g/mol. The van der Waals surface area contributed by atoms with Crippen LogP contribution in [-0.2, 0) is 15.3 Å². The Morgan fingerprint density at radius 1 is 1.07 bits per heavy atom. The second-order valence-electron chi connectivity index (χ2n) is 9.84. The highest BCUT2D eigenvalue weighted by Gasteiger charge is 2.45. The number of benzene rings is 3. The molecule has 1 N–H and O–H groups in total. The molecule has 5 rings (SSSR count). The van der Waals surface area contributed by atoms with Gasteiger partial charge in [0, 0.05) is 5.75 Å². The Hall–Kier alpha value is -4.28. The molecule has 1 aliphatic heterocycles. The van der Waals surface area contributed by atoms with Gasteiger partial charge in [-0.1, -0.05) is 104 Å². The van der Waals surface area contributed by atoms with Gasteiger partial charge in [-0.3, -0.25) is 14.5 Å². The van der Waals surface area contributed by atoms with Gasteiger partial charge >= 0.3 is 0 Å². The molecule has 0 saturated heterocycles. The van der Waals surface area contributed by atoms with Crippen molar-refractivity contribution in [1.82, 2.24) is 10.2 Å². The Bertz CT molecular complexity index is 1640. The number of anilines is 1. The molecule has 0 bridgehead atoms. The van der Waals surface area contributed by atoms with E-state index in [2.05, 4.69) is 17.1 Å². The molecule has 0 saturated carbocycles. The summed E-state index contributed by atoms with van der Waals surface area (Å²) >= 11 is 2.57. The number of nitrogens with zero attached hydrogens (tertiary/aromatic N) is 3. The van der Waals surface area contributed by atoms with E-state index in [1.165, 1.54) is 46.2 Å². The summed E-state index contributed by atoms with van der Waals surface area (Å²) in [5, 5.41) is 19.8. The second kappa shape index (κ2) is 14.3. The number of rotatable bonds is 13. The molecule has 220 valence electrons. The highest BCUT2D eigenvalue weighted by atomic mass is 32.2. The molecular formula is C33H30FN3O4S2. The molecule has 10 heteroatoms. The Kier molecular flexibility index (Phi) is 10.0. The van der Waals surface area contributed by atoms with E-state index in [1.807, 2.05) is 36.4 Å². The fourth-order valence-corrected chi connectivity index (χ4v) is 6.42. The first-order chi connectivity index (χ1) is 20.9. The summed E-state index contributed by atoms with van der Waals surface area (Å²) in [6.45, 7) is 2.67. The average molecular weight is 616 g/mol. The number of unbranched alkanes of at least 4 members (excludes halogenated alkanes) is 2. The van der Waals surface area contributed by atoms with Gasteiger partial charge in [0.25, 0.3) is 5.91 Å². The number of thioether (sulfide) groups is 1. The molecule has 7 nitrogen and oxygen atoms in total. The van der Waals surface area contributed by atoms with Crippen LogP contribution in [0.2, 0.25) is 0 Å². The number of hydrogen-bond acceptors (Lipinski definition) is 8. The van der Waals surface area contributed by atoms with Gasteiger partial charge in [0.2, 0.25) is 5.13 Å². The first-order valence-electron chi connectivity index (χ1n) is 13.9. The molecule has 1 amide bonds. The maximum atomic E-state index is 13.6. The third-order valence-electron chi connectivity index (χ3n) is 6.77. The van der Waals surface area contributed by atoms with E-state index >= 15 is 0 Å². The van der Waals surface area contributed by atoms with E-state index in [4.69, 9.17) is 4.74 Å². The molecule has 1 aliphatic rings. The number of aliphatic hydroxyl groups excluding tert-OH is 1. The van der Waals surface area contributed by atoms with Crippen LogP contribution in [-0.4, -0.2) is 33.6 Å².